The normalized spacial score (nSPS) is 55.1. The summed E-state index contributed by atoms with van der Waals surface area (Å²) < 4.78 is 0. The topological polar surface area (TPSA) is 57.5 Å². The van der Waals surface area contributed by atoms with Crippen LogP contribution in [0.3, 0.4) is 0 Å². The van der Waals surface area contributed by atoms with E-state index in [9.17, 15) is 15.0 Å². The van der Waals surface area contributed by atoms with Gasteiger partial charge in [-0.25, -0.2) is 0 Å². The quantitative estimate of drug-likeness (QED) is 0.805. The molecular weight excluding hydrogens is 288 g/mol. The van der Waals surface area contributed by atoms with Crippen molar-refractivity contribution < 1.29 is 15.0 Å². The van der Waals surface area contributed by atoms with Crippen LogP contribution in [0.2, 0.25) is 0 Å². The molecule has 0 aromatic carbocycles. The maximum Gasteiger partial charge on any atom is 0.309 e. The molecule has 4 rings (SSSR count). The molecule has 0 aromatic heterocycles. The van der Waals surface area contributed by atoms with E-state index in [1.165, 1.54) is 38.5 Å². The van der Waals surface area contributed by atoms with Gasteiger partial charge in [-0.05, 0) is 92.8 Å². The first-order chi connectivity index (χ1) is 10.9. The van der Waals surface area contributed by atoms with E-state index in [2.05, 4.69) is 6.92 Å². The first-order valence-electron chi connectivity index (χ1n) is 9.70. The van der Waals surface area contributed by atoms with E-state index in [0.29, 0.717) is 29.8 Å². The van der Waals surface area contributed by atoms with Crippen molar-refractivity contribution in [1.82, 2.24) is 0 Å². The van der Waals surface area contributed by atoms with Crippen LogP contribution in [0.1, 0.15) is 71.6 Å². The number of carboxylic acid groups (broad SMARTS) is 1. The Hall–Kier alpha value is -0.570. The highest BCUT2D eigenvalue weighted by Crippen LogP contribution is 2.72. The molecule has 2 N–H and O–H groups in total. The molecule has 0 radical (unpaired) electrons. The molecule has 3 heteroatoms. The smallest absolute Gasteiger partial charge is 0.309 e. The maximum atomic E-state index is 12.1. The summed E-state index contributed by atoms with van der Waals surface area (Å²) in [5.74, 6) is 1.68. The minimum atomic E-state index is -0.572. The summed E-state index contributed by atoms with van der Waals surface area (Å²) in [7, 11) is 0. The van der Waals surface area contributed by atoms with Gasteiger partial charge in [-0.1, -0.05) is 13.3 Å². The van der Waals surface area contributed by atoms with Crippen LogP contribution in [-0.2, 0) is 4.79 Å². The minimum Gasteiger partial charge on any atom is -0.481 e. The van der Waals surface area contributed by atoms with E-state index >= 15 is 0 Å². The van der Waals surface area contributed by atoms with Gasteiger partial charge in [-0.3, -0.25) is 4.79 Å². The van der Waals surface area contributed by atoms with Gasteiger partial charge in [0.25, 0.3) is 0 Å². The van der Waals surface area contributed by atoms with Gasteiger partial charge >= 0.3 is 5.97 Å². The Balaban J connectivity index is 1.71. The highest BCUT2D eigenvalue weighted by atomic mass is 16.4. The minimum absolute atomic E-state index is 0.193. The van der Waals surface area contributed by atoms with Gasteiger partial charge in [-0.15, -0.1) is 0 Å². The molecule has 4 saturated carbocycles. The molecule has 3 nitrogen and oxygen atoms in total. The molecule has 130 valence electrons. The Morgan fingerprint density at radius 3 is 2.52 bits per heavy atom. The fraction of sp³-hybridized carbons (Fsp3) is 0.950. The monoisotopic (exact) mass is 320 g/mol. The van der Waals surface area contributed by atoms with E-state index in [0.717, 1.165) is 25.2 Å². The maximum absolute atomic E-state index is 12.1. The fourth-order valence-electron chi connectivity index (χ4n) is 8.06. The molecule has 4 fully saturated rings. The van der Waals surface area contributed by atoms with Gasteiger partial charge < -0.3 is 10.2 Å². The zero-order valence-electron chi connectivity index (χ0n) is 14.7. The molecule has 2 bridgehead atoms. The van der Waals surface area contributed by atoms with Crippen LogP contribution in [0, 0.1) is 39.9 Å². The summed E-state index contributed by atoms with van der Waals surface area (Å²) in [6.07, 6.45) is 10.4. The van der Waals surface area contributed by atoms with E-state index in [1.807, 2.05) is 6.92 Å². The third kappa shape index (κ3) is 1.95. The SMILES string of the molecule is C[C@@]12CCC[C@](C)(C(=O)O)[C@@H]1CC[C@@]13C[C@@H](CO)[C@@H](CC[C@H]12)C3. The number of hydrogen-bond acceptors (Lipinski definition) is 2. The van der Waals surface area contributed by atoms with Gasteiger partial charge in [0, 0.05) is 6.61 Å². The molecule has 4 aliphatic rings. The molecule has 7 atom stereocenters. The van der Waals surface area contributed by atoms with Gasteiger partial charge in [-0.2, -0.15) is 0 Å². The lowest BCUT2D eigenvalue weighted by molar-refractivity contribution is -0.181. The Morgan fingerprint density at radius 1 is 1.04 bits per heavy atom. The first kappa shape index (κ1) is 15.9. The number of hydrogen-bond donors (Lipinski definition) is 2. The van der Waals surface area contributed by atoms with Crippen LogP contribution in [0.25, 0.3) is 0 Å². The van der Waals surface area contributed by atoms with Crippen molar-refractivity contribution in [2.75, 3.05) is 6.61 Å². The lowest BCUT2D eigenvalue weighted by atomic mass is 9.41. The third-order valence-electron chi connectivity index (χ3n) is 9.00. The molecular formula is C20H32O3. The number of aliphatic carboxylic acids is 1. The fourth-order valence-corrected chi connectivity index (χ4v) is 8.06. The lowest BCUT2D eigenvalue weighted by Crippen LogP contribution is -2.58. The molecule has 0 aromatic rings. The second-order valence-corrected chi connectivity index (χ2v) is 9.78. The number of rotatable bonds is 2. The summed E-state index contributed by atoms with van der Waals surface area (Å²) in [4.78, 5) is 12.1. The van der Waals surface area contributed by atoms with Gasteiger partial charge in [0.05, 0.1) is 5.41 Å². The lowest BCUT2D eigenvalue weighted by Gasteiger charge is -2.63. The average Bonchev–Trinajstić information content (AvgIpc) is 2.77. The van der Waals surface area contributed by atoms with Crippen LogP contribution < -0.4 is 0 Å². The summed E-state index contributed by atoms with van der Waals surface area (Å²) in [5.41, 5.74) is 0.0811. The van der Waals surface area contributed by atoms with E-state index < -0.39 is 11.4 Å². The second-order valence-electron chi connectivity index (χ2n) is 9.78. The molecule has 0 saturated heterocycles. The summed E-state index contributed by atoms with van der Waals surface area (Å²) in [5, 5.41) is 19.7. The van der Waals surface area contributed by atoms with Crippen LogP contribution in [-0.4, -0.2) is 22.8 Å². The van der Waals surface area contributed by atoms with E-state index in [-0.39, 0.29) is 5.41 Å². The van der Waals surface area contributed by atoms with Crippen molar-refractivity contribution in [3.63, 3.8) is 0 Å². The molecule has 23 heavy (non-hydrogen) atoms. The van der Waals surface area contributed by atoms with Crippen LogP contribution in [0.5, 0.6) is 0 Å². The summed E-state index contributed by atoms with van der Waals surface area (Å²) >= 11 is 0. The molecule has 0 heterocycles. The number of fused-ring (bicyclic) bond motifs is 3. The molecule has 0 unspecified atom stereocenters. The standard InChI is InChI=1S/C20H32O3/c1-18-7-3-8-19(2,17(22)23)15(18)6-9-20-10-13(4-5-16(18)20)14(11-20)12-21/h13-16,21H,3-12H2,1-2H3,(H,22,23)/t13-,14-,15+,16-,18+,19-,20+/m0/s1. The van der Waals surface area contributed by atoms with Crippen molar-refractivity contribution in [3.8, 4) is 0 Å². The van der Waals surface area contributed by atoms with Crippen molar-refractivity contribution in [2.24, 2.45) is 39.9 Å². The van der Waals surface area contributed by atoms with Crippen molar-refractivity contribution in [2.45, 2.75) is 71.6 Å². The number of carboxylic acids is 1. The zero-order valence-corrected chi connectivity index (χ0v) is 14.7. The van der Waals surface area contributed by atoms with Crippen LogP contribution >= 0.6 is 0 Å². The predicted octanol–water partition coefficient (Wildman–Crippen LogP) is 4.09. The largest absolute Gasteiger partial charge is 0.481 e. The van der Waals surface area contributed by atoms with Crippen LogP contribution in [0.4, 0.5) is 0 Å². The molecule has 0 amide bonds. The number of carbonyl (C=O) groups is 1. The highest BCUT2D eigenvalue weighted by Gasteiger charge is 2.65. The summed E-state index contributed by atoms with van der Waals surface area (Å²) in [6, 6.07) is 0. The van der Waals surface area contributed by atoms with Gasteiger partial charge in [0.2, 0.25) is 0 Å². The number of aliphatic hydroxyl groups is 1. The number of aliphatic hydroxyl groups excluding tert-OH is 1. The molecule has 4 aliphatic carbocycles. The molecule has 0 aliphatic heterocycles. The highest BCUT2D eigenvalue weighted by molar-refractivity contribution is 5.75. The Morgan fingerprint density at radius 2 is 1.83 bits per heavy atom. The van der Waals surface area contributed by atoms with Crippen molar-refractivity contribution >= 4 is 5.97 Å². The van der Waals surface area contributed by atoms with E-state index in [1.54, 1.807) is 0 Å². The predicted molar refractivity (Wildman–Crippen MR) is 88.9 cm³/mol. The Labute approximate surface area is 139 Å². The Bertz CT molecular complexity index is 517. The van der Waals surface area contributed by atoms with Gasteiger partial charge in [0.15, 0.2) is 0 Å². The van der Waals surface area contributed by atoms with Crippen molar-refractivity contribution in [3.05, 3.63) is 0 Å². The van der Waals surface area contributed by atoms with Crippen LogP contribution in [0.15, 0.2) is 0 Å². The average molecular weight is 320 g/mol. The zero-order chi connectivity index (χ0) is 16.5. The Kier molecular flexibility index (Phi) is 3.44. The second kappa shape index (κ2) is 4.97. The third-order valence-corrected chi connectivity index (χ3v) is 9.00. The molecule has 1 spiro atoms. The first-order valence-corrected chi connectivity index (χ1v) is 9.70. The van der Waals surface area contributed by atoms with Gasteiger partial charge in [0.1, 0.15) is 0 Å². The summed E-state index contributed by atoms with van der Waals surface area (Å²) in [6.45, 7) is 4.80. The van der Waals surface area contributed by atoms with Crippen molar-refractivity contribution in [1.29, 1.82) is 0 Å². The van der Waals surface area contributed by atoms with E-state index in [4.69, 9.17) is 0 Å².